The number of hydrogen-bond acceptors (Lipinski definition) is 4. The predicted octanol–water partition coefficient (Wildman–Crippen LogP) is 3.59. The quantitative estimate of drug-likeness (QED) is 0.768. The summed E-state index contributed by atoms with van der Waals surface area (Å²) in [6, 6.07) is 11.6. The van der Waals surface area contributed by atoms with Crippen LogP contribution in [0.1, 0.15) is 47.1 Å². The van der Waals surface area contributed by atoms with Gasteiger partial charge in [-0.1, -0.05) is 29.8 Å². The summed E-state index contributed by atoms with van der Waals surface area (Å²) in [5.41, 5.74) is 0.458. The van der Waals surface area contributed by atoms with Crippen LogP contribution in [0.25, 0.3) is 0 Å². The summed E-state index contributed by atoms with van der Waals surface area (Å²) in [7, 11) is 0. The van der Waals surface area contributed by atoms with E-state index in [0.717, 1.165) is 5.56 Å². The molecule has 28 heavy (non-hydrogen) atoms. The predicted molar refractivity (Wildman–Crippen MR) is 107 cm³/mol. The zero-order valence-corrected chi connectivity index (χ0v) is 16.6. The largest absolute Gasteiger partial charge is 0.445 e. The number of carbonyl (C=O) groups is 3. The lowest BCUT2D eigenvalue weighted by Gasteiger charge is -2.33. The van der Waals surface area contributed by atoms with Crippen LogP contribution in [0.5, 0.6) is 0 Å². The summed E-state index contributed by atoms with van der Waals surface area (Å²) in [4.78, 5) is 37.4. The standard InChI is InChI=1S/C21H21ClN2O4/c1-12(2)23-18(25)13-8-9-16(22)17(10-13)24-20(27)21(3)11-14-6-4-5-7-15(14)19(26)28-21/h4-10,12H,11H2,1-3H3,(H,23,25)(H,24,27). The molecule has 2 N–H and O–H groups in total. The van der Waals surface area contributed by atoms with Gasteiger partial charge in [0.1, 0.15) is 0 Å². The summed E-state index contributed by atoms with van der Waals surface area (Å²) in [6.45, 7) is 5.26. The fourth-order valence-corrected chi connectivity index (χ4v) is 3.19. The molecule has 2 amide bonds. The first-order valence-corrected chi connectivity index (χ1v) is 9.30. The normalized spacial score (nSPS) is 18.2. The van der Waals surface area contributed by atoms with Gasteiger partial charge in [0.25, 0.3) is 11.8 Å². The summed E-state index contributed by atoms with van der Waals surface area (Å²) < 4.78 is 5.43. The molecule has 146 valence electrons. The van der Waals surface area contributed by atoms with Crippen LogP contribution in [0.2, 0.25) is 5.02 Å². The molecule has 0 spiro atoms. The van der Waals surface area contributed by atoms with E-state index in [0.29, 0.717) is 11.1 Å². The van der Waals surface area contributed by atoms with E-state index in [1.54, 1.807) is 31.2 Å². The maximum atomic E-state index is 12.9. The van der Waals surface area contributed by atoms with E-state index in [2.05, 4.69) is 10.6 Å². The first kappa shape index (κ1) is 19.9. The summed E-state index contributed by atoms with van der Waals surface area (Å²) in [6.07, 6.45) is 0.242. The fraction of sp³-hybridized carbons (Fsp3) is 0.286. The van der Waals surface area contributed by atoms with Gasteiger partial charge in [-0.2, -0.15) is 0 Å². The number of nitrogens with one attached hydrogen (secondary N) is 2. The van der Waals surface area contributed by atoms with Crippen LogP contribution in [0, 0.1) is 0 Å². The molecular weight excluding hydrogens is 380 g/mol. The third kappa shape index (κ3) is 4.02. The third-order valence-electron chi connectivity index (χ3n) is 4.46. The summed E-state index contributed by atoms with van der Waals surface area (Å²) in [5, 5.41) is 5.75. The van der Waals surface area contributed by atoms with Crippen LogP contribution in [-0.4, -0.2) is 29.4 Å². The number of amides is 2. The second-order valence-electron chi connectivity index (χ2n) is 7.23. The summed E-state index contributed by atoms with van der Waals surface area (Å²) >= 11 is 6.19. The van der Waals surface area contributed by atoms with Crippen LogP contribution in [0.15, 0.2) is 42.5 Å². The van der Waals surface area contributed by atoms with E-state index in [-0.39, 0.29) is 29.1 Å². The van der Waals surface area contributed by atoms with Crippen molar-refractivity contribution in [2.45, 2.75) is 38.8 Å². The van der Waals surface area contributed by atoms with Crippen molar-refractivity contribution < 1.29 is 19.1 Å². The molecule has 3 rings (SSSR count). The van der Waals surface area contributed by atoms with Gasteiger partial charge in [0, 0.05) is 18.0 Å². The van der Waals surface area contributed by atoms with Gasteiger partial charge in [-0.05, 0) is 50.6 Å². The van der Waals surface area contributed by atoms with Crippen molar-refractivity contribution in [1.82, 2.24) is 5.32 Å². The lowest BCUT2D eigenvalue weighted by atomic mass is 9.89. The number of anilines is 1. The van der Waals surface area contributed by atoms with E-state index in [9.17, 15) is 14.4 Å². The Bertz CT molecular complexity index is 957. The lowest BCUT2D eigenvalue weighted by Crippen LogP contribution is -2.49. The van der Waals surface area contributed by atoms with Gasteiger partial charge in [0.2, 0.25) is 0 Å². The van der Waals surface area contributed by atoms with Crippen LogP contribution in [-0.2, 0) is 16.0 Å². The molecule has 7 heteroatoms. The highest BCUT2D eigenvalue weighted by molar-refractivity contribution is 6.34. The Morgan fingerprint density at radius 2 is 1.89 bits per heavy atom. The van der Waals surface area contributed by atoms with Crippen LogP contribution in [0.4, 0.5) is 5.69 Å². The number of ether oxygens (including phenoxy) is 1. The lowest BCUT2D eigenvalue weighted by molar-refractivity contribution is -0.134. The van der Waals surface area contributed by atoms with Gasteiger partial charge >= 0.3 is 5.97 Å². The number of halogens is 1. The molecule has 2 aromatic carbocycles. The highest BCUT2D eigenvalue weighted by Crippen LogP contribution is 2.31. The third-order valence-corrected chi connectivity index (χ3v) is 4.79. The van der Waals surface area contributed by atoms with Gasteiger partial charge in [-0.15, -0.1) is 0 Å². The zero-order chi connectivity index (χ0) is 20.5. The molecule has 1 atom stereocenters. The van der Waals surface area contributed by atoms with Crippen molar-refractivity contribution in [3.8, 4) is 0 Å². The highest BCUT2D eigenvalue weighted by atomic mass is 35.5. The SMILES string of the molecule is CC(C)NC(=O)c1ccc(Cl)c(NC(=O)C2(C)Cc3ccccc3C(=O)O2)c1. The van der Waals surface area contributed by atoms with Crippen molar-refractivity contribution in [2.75, 3.05) is 5.32 Å². The zero-order valence-electron chi connectivity index (χ0n) is 15.8. The van der Waals surface area contributed by atoms with E-state index >= 15 is 0 Å². The molecule has 0 fully saturated rings. The average Bonchev–Trinajstić information content (AvgIpc) is 2.62. The minimum Gasteiger partial charge on any atom is -0.445 e. The van der Waals surface area contributed by atoms with Gasteiger partial charge < -0.3 is 15.4 Å². The Hall–Kier alpha value is -2.86. The second-order valence-corrected chi connectivity index (χ2v) is 7.64. The molecule has 0 radical (unpaired) electrons. The van der Waals surface area contributed by atoms with Gasteiger partial charge in [-0.25, -0.2) is 4.79 Å². The Kier molecular flexibility index (Phi) is 5.42. The minimum atomic E-state index is -1.38. The number of esters is 1. The fourth-order valence-electron chi connectivity index (χ4n) is 3.02. The summed E-state index contributed by atoms with van der Waals surface area (Å²) in [5.74, 6) is -1.33. The number of cyclic esters (lactones) is 1. The Morgan fingerprint density at radius 3 is 2.61 bits per heavy atom. The molecule has 0 saturated carbocycles. The molecular formula is C21H21ClN2O4. The van der Waals surface area contributed by atoms with Crippen molar-refractivity contribution in [1.29, 1.82) is 0 Å². The topological polar surface area (TPSA) is 84.5 Å². The molecule has 0 aromatic heterocycles. The second kappa shape index (κ2) is 7.64. The van der Waals surface area contributed by atoms with E-state index in [1.165, 1.54) is 12.1 Å². The van der Waals surface area contributed by atoms with Gasteiger partial charge in [0.05, 0.1) is 16.3 Å². The monoisotopic (exact) mass is 400 g/mol. The minimum absolute atomic E-state index is 0.0261. The number of hydrogen-bond donors (Lipinski definition) is 2. The van der Waals surface area contributed by atoms with Gasteiger partial charge in [-0.3, -0.25) is 9.59 Å². The molecule has 1 unspecified atom stereocenters. The molecule has 2 aromatic rings. The first-order valence-electron chi connectivity index (χ1n) is 8.93. The van der Waals surface area contributed by atoms with Gasteiger partial charge in [0.15, 0.2) is 5.60 Å². The average molecular weight is 401 g/mol. The highest BCUT2D eigenvalue weighted by Gasteiger charge is 2.42. The number of benzene rings is 2. The van der Waals surface area contributed by atoms with Crippen LogP contribution >= 0.6 is 11.6 Å². The van der Waals surface area contributed by atoms with E-state index in [4.69, 9.17) is 16.3 Å². The molecule has 0 saturated heterocycles. The molecule has 0 bridgehead atoms. The Labute approximate surface area is 168 Å². The number of fused-ring (bicyclic) bond motifs is 1. The van der Waals surface area contributed by atoms with Crippen molar-refractivity contribution in [2.24, 2.45) is 0 Å². The molecule has 0 aliphatic carbocycles. The molecule has 6 nitrogen and oxygen atoms in total. The van der Waals surface area contributed by atoms with Crippen LogP contribution in [0.3, 0.4) is 0 Å². The van der Waals surface area contributed by atoms with Crippen molar-refractivity contribution in [3.05, 3.63) is 64.2 Å². The molecule has 1 aliphatic rings. The van der Waals surface area contributed by atoms with Crippen LogP contribution < -0.4 is 10.6 Å². The first-order chi connectivity index (χ1) is 13.2. The van der Waals surface area contributed by atoms with Crippen molar-refractivity contribution >= 4 is 35.1 Å². The smallest absolute Gasteiger partial charge is 0.339 e. The maximum absolute atomic E-state index is 12.9. The van der Waals surface area contributed by atoms with E-state index in [1.807, 2.05) is 19.9 Å². The van der Waals surface area contributed by atoms with Crippen molar-refractivity contribution in [3.63, 3.8) is 0 Å². The number of carbonyl (C=O) groups excluding carboxylic acids is 3. The van der Waals surface area contributed by atoms with E-state index < -0.39 is 17.5 Å². The molecule has 1 heterocycles. The Morgan fingerprint density at radius 1 is 1.18 bits per heavy atom. The number of rotatable bonds is 4. The maximum Gasteiger partial charge on any atom is 0.339 e. The molecule has 1 aliphatic heterocycles. The Balaban J connectivity index is 1.83.